The van der Waals surface area contributed by atoms with Crippen molar-refractivity contribution in [1.82, 2.24) is 0 Å². The van der Waals surface area contributed by atoms with Crippen molar-refractivity contribution < 1.29 is 32.0 Å². The molecule has 206 valence electrons. The minimum absolute atomic E-state index is 0.0237. The van der Waals surface area contributed by atoms with Crippen LogP contribution in [0.3, 0.4) is 0 Å². The van der Waals surface area contributed by atoms with Gasteiger partial charge in [-0.05, 0) is 92.8 Å². The van der Waals surface area contributed by atoms with Crippen molar-refractivity contribution in [3.8, 4) is 11.8 Å². The van der Waals surface area contributed by atoms with Crippen LogP contribution in [0.15, 0.2) is 0 Å². The quantitative estimate of drug-likeness (QED) is 0.332. The largest absolute Gasteiger partial charge is 0.347 e. The van der Waals surface area contributed by atoms with Crippen LogP contribution in [0.1, 0.15) is 101 Å². The standard InChI is InChI=1S/C32H48O5/c1-19(2)8-11-25(33)20(3)22-9-10-23-21-17-32(34-14-15-35-32)28-16-26-27(37-29(4,5)36-26)18-31(28,7)24(21)12-13-30(22,23)6/h19-24,26-28H,9-10,12-18H2,1-7H3/t20-,21-,22+,23-,24-,26-,27+,28-,30+,31+/m0/s1/i1D3,2D3. The third-order valence-corrected chi connectivity index (χ3v) is 11.7. The number of ketones is 1. The van der Waals surface area contributed by atoms with Crippen molar-refractivity contribution in [2.45, 2.75) is 117 Å². The normalized spacial score (nSPS) is 51.0. The number of carbonyl (C=O) groups is 1. The van der Waals surface area contributed by atoms with E-state index in [2.05, 4.69) is 25.7 Å². The Morgan fingerprint density at radius 1 is 0.946 bits per heavy atom. The van der Waals surface area contributed by atoms with E-state index in [1.807, 2.05) is 20.8 Å². The zero-order valence-electron chi connectivity index (χ0n) is 29.1. The van der Waals surface area contributed by atoms with Crippen molar-refractivity contribution in [2.75, 3.05) is 13.2 Å². The fourth-order valence-electron chi connectivity index (χ4n) is 10.4. The first-order chi connectivity index (χ1) is 19.8. The fourth-order valence-corrected chi connectivity index (χ4v) is 10.4. The second kappa shape index (κ2) is 8.79. The molecule has 2 heterocycles. The summed E-state index contributed by atoms with van der Waals surface area (Å²) in [6, 6.07) is 0. The van der Waals surface area contributed by atoms with Gasteiger partial charge in [0.2, 0.25) is 5.78 Å². The monoisotopic (exact) mass is 518 g/mol. The summed E-state index contributed by atoms with van der Waals surface area (Å²) in [6.07, 6.45) is 6.73. The molecule has 0 aromatic heterocycles. The lowest BCUT2D eigenvalue weighted by molar-refractivity contribution is -0.300. The van der Waals surface area contributed by atoms with E-state index in [-0.39, 0.29) is 40.7 Å². The Morgan fingerprint density at radius 2 is 1.65 bits per heavy atom. The van der Waals surface area contributed by atoms with E-state index in [4.69, 9.17) is 27.2 Å². The molecule has 2 saturated heterocycles. The van der Waals surface area contributed by atoms with Crippen molar-refractivity contribution in [1.29, 1.82) is 0 Å². The molecule has 6 rings (SSSR count). The first-order valence-corrected chi connectivity index (χ1v) is 14.5. The van der Waals surface area contributed by atoms with Gasteiger partial charge in [-0.15, -0.1) is 0 Å². The zero-order chi connectivity index (χ0) is 31.4. The SMILES string of the molecule is [2H]C([2H])([2H])C(C#CC(=O)[C@@H](C)[C@H]1CC[C@H]2[C@@H]3CC4(OCCO4)[C@H]4C[C@@H]5OC(C)(C)O[C@@H]5C[C@]4(C)[C@H]3CC[C@]12C)C([2H])([2H])[2H]. The summed E-state index contributed by atoms with van der Waals surface area (Å²) in [5.74, 6) is 2.59. The molecule has 1 spiro atoms. The van der Waals surface area contributed by atoms with E-state index in [9.17, 15) is 4.79 Å². The Bertz CT molecular complexity index is 1170. The minimum atomic E-state index is -2.79. The van der Waals surface area contributed by atoms with Gasteiger partial charge in [0.05, 0.1) is 25.4 Å². The van der Waals surface area contributed by atoms with Gasteiger partial charge in [-0.1, -0.05) is 40.4 Å². The average Bonchev–Trinajstić information content (AvgIpc) is 3.55. The van der Waals surface area contributed by atoms with Gasteiger partial charge in [0.15, 0.2) is 11.6 Å². The minimum Gasteiger partial charge on any atom is -0.347 e. The number of rotatable bonds is 2. The number of fused-ring (bicyclic) bond motifs is 7. The summed E-state index contributed by atoms with van der Waals surface area (Å²) in [6.45, 7) is 6.30. The smallest absolute Gasteiger partial charge is 0.208 e. The van der Waals surface area contributed by atoms with Crippen molar-refractivity contribution >= 4 is 5.78 Å². The van der Waals surface area contributed by atoms with Gasteiger partial charge in [0.1, 0.15) is 0 Å². The first kappa shape index (κ1) is 20.0. The molecule has 0 unspecified atom stereocenters. The zero-order valence-corrected chi connectivity index (χ0v) is 23.1. The molecule has 0 amide bonds. The summed E-state index contributed by atoms with van der Waals surface area (Å²) >= 11 is 0. The summed E-state index contributed by atoms with van der Waals surface area (Å²) in [5.41, 5.74) is -0.107. The Morgan fingerprint density at radius 3 is 2.38 bits per heavy atom. The van der Waals surface area contributed by atoms with Crippen LogP contribution in [0.25, 0.3) is 0 Å². The lowest BCUT2D eigenvalue weighted by Crippen LogP contribution is -2.65. The van der Waals surface area contributed by atoms with Gasteiger partial charge in [0.25, 0.3) is 0 Å². The average molecular weight is 519 g/mol. The Kier molecular flexibility index (Phi) is 4.75. The first-order valence-electron chi connectivity index (χ1n) is 17.5. The van der Waals surface area contributed by atoms with Gasteiger partial charge in [-0.25, -0.2) is 0 Å². The molecular weight excluding hydrogens is 464 g/mol. The van der Waals surface area contributed by atoms with Crippen LogP contribution in [-0.4, -0.2) is 42.8 Å². The maximum absolute atomic E-state index is 13.4. The molecule has 0 aromatic carbocycles. The Balaban J connectivity index is 1.26. The van der Waals surface area contributed by atoms with Crippen molar-refractivity contribution in [3.63, 3.8) is 0 Å². The van der Waals surface area contributed by atoms with E-state index in [1.54, 1.807) is 0 Å². The van der Waals surface area contributed by atoms with Crippen LogP contribution in [-0.2, 0) is 23.7 Å². The van der Waals surface area contributed by atoms with E-state index in [0.717, 1.165) is 44.9 Å². The summed E-state index contributed by atoms with van der Waals surface area (Å²) in [5, 5.41) is 0. The topological polar surface area (TPSA) is 54.0 Å². The van der Waals surface area contributed by atoms with Crippen LogP contribution in [0.4, 0.5) is 0 Å². The number of carbonyl (C=O) groups excluding carboxylic acids is 1. The summed E-state index contributed by atoms with van der Waals surface area (Å²) < 4.78 is 71.8. The van der Waals surface area contributed by atoms with Gasteiger partial charge >= 0.3 is 0 Å². The predicted octanol–water partition coefficient (Wildman–Crippen LogP) is 5.99. The van der Waals surface area contributed by atoms with Gasteiger partial charge in [-0.2, -0.15) is 0 Å². The highest BCUT2D eigenvalue weighted by Crippen LogP contribution is 2.71. The lowest BCUT2D eigenvalue weighted by atomic mass is 9.42. The highest BCUT2D eigenvalue weighted by Gasteiger charge is 2.70. The van der Waals surface area contributed by atoms with Gasteiger partial charge < -0.3 is 18.9 Å². The molecule has 6 fully saturated rings. The maximum atomic E-state index is 13.4. The van der Waals surface area contributed by atoms with Crippen LogP contribution >= 0.6 is 0 Å². The highest BCUT2D eigenvalue weighted by molar-refractivity contribution is 5.97. The molecule has 37 heavy (non-hydrogen) atoms. The number of hydrogen-bond donors (Lipinski definition) is 0. The number of ether oxygens (including phenoxy) is 4. The third kappa shape index (κ3) is 3.99. The van der Waals surface area contributed by atoms with Gasteiger partial charge in [-0.3, -0.25) is 4.79 Å². The number of hydrogen-bond acceptors (Lipinski definition) is 5. The molecule has 0 radical (unpaired) electrons. The Hall–Kier alpha value is -0.930. The van der Waals surface area contributed by atoms with E-state index in [0.29, 0.717) is 31.0 Å². The third-order valence-electron chi connectivity index (χ3n) is 11.7. The van der Waals surface area contributed by atoms with E-state index in [1.165, 1.54) is 0 Å². The molecule has 4 aliphatic carbocycles. The Labute approximate surface area is 232 Å². The van der Waals surface area contributed by atoms with Crippen molar-refractivity contribution in [3.05, 3.63) is 0 Å². The predicted molar refractivity (Wildman–Crippen MR) is 141 cm³/mol. The molecule has 0 bridgehead atoms. The fraction of sp³-hybridized carbons (Fsp3) is 0.906. The second-order valence-corrected chi connectivity index (χ2v) is 13.9. The molecule has 6 aliphatic rings. The van der Waals surface area contributed by atoms with Crippen LogP contribution in [0.5, 0.6) is 0 Å². The van der Waals surface area contributed by atoms with E-state index >= 15 is 0 Å². The molecule has 10 atom stereocenters. The molecule has 5 nitrogen and oxygen atoms in total. The molecule has 0 aromatic rings. The summed E-state index contributed by atoms with van der Waals surface area (Å²) in [4.78, 5) is 13.4. The molecule has 2 aliphatic heterocycles. The molecule has 4 saturated carbocycles. The van der Waals surface area contributed by atoms with Crippen LogP contribution < -0.4 is 0 Å². The van der Waals surface area contributed by atoms with E-state index < -0.39 is 37.1 Å². The maximum Gasteiger partial charge on any atom is 0.208 e. The van der Waals surface area contributed by atoms with Gasteiger partial charge in [0, 0.05) is 32.4 Å². The lowest BCUT2D eigenvalue weighted by Gasteiger charge is -2.65. The molecule has 5 heteroatoms. The summed E-state index contributed by atoms with van der Waals surface area (Å²) in [7, 11) is 0. The second-order valence-electron chi connectivity index (χ2n) is 13.9. The molecule has 0 N–H and O–H groups in total. The number of Topliss-reactive ketones (excluding diaryl/α,β-unsaturated/α-hetero) is 1. The van der Waals surface area contributed by atoms with Crippen molar-refractivity contribution in [2.24, 2.45) is 52.3 Å². The molecular formula is C32H48O5. The van der Waals surface area contributed by atoms with Crippen LogP contribution in [0, 0.1) is 64.1 Å². The highest BCUT2D eigenvalue weighted by atomic mass is 16.8. The van der Waals surface area contributed by atoms with Crippen LogP contribution in [0.2, 0.25) is 0 Å².